The van der Waals surface area contributed by atoms with Crippen molar-refractivity contribution >= 4 is 28.9 Å². The van der Waals surface area contributed by atoms with Crippen molar-refractivity contribution in [2.75, 3.05) is 13.2 Å². The maximum Gasteiger partial charge on any atom is 0.170 e. The highest BCUT2D eigenvalue weighted by molar-refractivity contribution is 7.80. The number of pyridine rings is 1. The van der Waals surface area contributed by atoms with Gasteiger partial charge in [0.15, 0.2) is 5.11 Å². The predicted octanol–water partition coefficient (Wildman–Crippen LogP) is 4.11. The minimum absolute atomic E-state index is 0.0309. The van der Waals surface area contributed by atoms with Crippen LogP contribution in [0.1, 0.15) is 34.7 Å². The van der Waals surface area contributed by atoms with Crippen LogP contribution < -0.4 is 5.32 Å². The fraction of sp³-hybridized carbons (Fsp3) is 0.273. The van der Waals surface area contributed by atoms with Crippen molar-refractivity contribution in [3.8, 4) is 5.69 Å². The second-order valence-corrected chi connectivity index (χ2v) is 8.01. The Labute approximate surface area is 180 Å². The molecule has 29 heavy (non-hydrogen) atoms. The third kappa shape index (κ3) is 3.64. The van der Waals surface area contributed by atoms with E-state index in [9.17, 15) is 5.11 Å². The van der Waals surface area contributed by atoms with Crippen molar-refractivity contribution in [3.05, 3.63) is 82.4 Å². The average molecular weight is 427 g/mol. The van der Waals surface area contributed by atoms with Gasteiger partial charge in [0, 0.05) is 34.8 Å². The summed E-state index contributed by atoms with van der Waals surface area (Å²) in [7, 11) is 0. The van der Waals surface area contributed by atoms with Crippen LogP contribution in [0.5, 0.6) is 0 Å². The Morgan fingerprint density at radius 2 is 1.93 bits per heavy atom. The van der Waals surface area contributed by atoms with Gasteiger partial charge in [-0.15, -0.1) is 0 Å². The van der Waals surface area contributed by atoms with E-state index in [0.29, 0.717) is 16.7 Å². The van der Waals surface area contributed by atoms with Gasteiger partial charge in [-0.1, -0.05) is 17.7 Å². The Kier molecular flexibility index (Phi) is 5.58. The molecule has 0 spiro atoms. The third-order valence-electron chi connectivity index (χ3n) is 5.41. The largest absolute Gasteiger partial charge is 0.395 e. The molecule has 0 bridgehead atoms. The normalized spacial score (nSPS) is 18.9. The summed E-state index contributed by atoms with van der Waals surface area (Å²) in [5.41, 5.74) is 5.41. The maximum atomic E-state index is 9.64. The lowest BCUT2D eigenvalue weighted by Crippen LogP contribution is -2.32. The number of halogens is 1. The molecule has 2 aromatic heterocycles. The van der Waals surface area contributed by atoms with Gasteiger partial charge in [0.05, 0.1) is 24.4 Å². The fourth-order valence-electron chi connectivity index (χ4n) is 4.17. The third-order valence-corrected chi connectivity index (χ3v) is 6.02. The van der Waals surface area contributed by atoms with Gasteiger partial charge >= 0.3 is 0 Å². The number of rotatable bonds is 5. The molecule has 0 aliphatic carbocycles. The second kappa shape index (κ2) is 8.14. The van der Waals surface area contributed by atoms with Gasteiger partial charge in [0.1, 0.15) is 0 Å². The van der Waals surface area contributed by atoms with Crippen LogP contribution in [0.2, 0.25) is 5.02 Å². The van der Waals surface area contributed by atoms with Gasteiger partial charge in [-0.05, 0) is 74.1 Å². The summed E-state index contributed by atoms with van der Waals surface area (Å²) >= 11 is 11.7. The van der Waals surface area contributed by atoms with Crippen LogP contribution in [0.25, 0.3) is 5.69 Å². The number of hydrogen-bond donors (Lipinski definition) is 2. The van der Waals surface area contributed by atoms with Gasteiger partial charge in [0.25, 0.3) is 0 Å². The zero-order valence-corrected chi connectivity index (χ0v) is 17.9. The van der Waals surface area contributed by atoms with Crippen LogP contribution in [0.4, 0.5) is 0 Å². The lowest BCUT2D eigenvalue weighted by molar-refractivity contribution is 0.223. The molecule has 1 fully saturated rings. The first-order valence-electron chi connectivity index (χ1n) is 9.55. The highest BCUT2D eigenvalue weighted by Crippen LogP contribution is 2.41. The summed E-state index contributed by atoms with van der Waals surface area (Å²) in [6.07, 6.45) is 1.79. The number of thiocarbonyl (C=S) groups is 1. The molecule has 150 valence electrons. The second-order valence-electron chi connectivity index (χ2n) is 7.18. The first kappa shape index (κ1) is 19.9. The average Bonchev–Trinajstić information content (AvgIpc) is 3.20. The number of nitrogens with one attached hydrogen (secondary N) is 1. The molecule has 2 unspecified atom stereocenters. The molecule has 0 radical (unpaired) electrons. The summed E-state index contributed by atoms with van der Waals surface area (Å²) < 4.78 is 2.22. The first-order chi connectivity index (χ1) is 14.0. The Morgan fingerprint density at radius 3 is 2.59 bits per heavy atom. The van der Waals surface area contributed by atoms with Gasteiger partial charge in [-0.3, -0.25) is 4.98 Å². The summed E-state index contributed by atoms with van der Waals surface area (Å²) in [4.78, 5) is 6.62. The Morgan fingerprint density at radius 1 is 1.17 bits per heavy atom. The minimum Gasteiger partial charge on any atom is -0.395 e. The summed E-state index contributed by atoms with van der Waals surface area (Å²) in [6, 6.07) is 15.8. The predicted molar refractivity (Wildman–Crippen MR) is 119 cm³/mol. The number of nitrogens with zero attached hydrogens (tertiary/aromatic N) is 3. The van der Waals surface area contributed by atoms with E-state index in [2.05, 4.69) is 39.7 Å². The summed E-state index contributed by atoms with van der Waals surface area (Å²) in [5.74, 6) is 0. The van der Waals surface area contributed by atoms with E-state index in [-0.39, 0.29) is 18.7 Å². The molecule has 0 saturated carbocycles. The monoisotopic (exact) mass is 426 g/mol. The lowest BCUT2D eigenvalue weighted by atomic mass is 9.97. The smallest absolute Gasteiger partial charge is 0.170 e. The molecule has 1 aromatic carbocycles. The Hall–Kier alpha value is -2.41. The SMILES string of the molecule is Cc1cc(C2C(c3ccccn3)NC(=S)N2CCO)c(C)n1-c1ccc(Cl)cc1. The number of benzene rings is 1. The van der Waals surface area contributed by atoms with Crippen LogP contribution >= 0.6 is 23.8 Å². The number of hydrogen-bond acceptors (Lipinski definition) is 3. The zero-order chi connectivity index (χ0) is 20.5. The lowest BCUT2D eigenvalue weighted by Gasteiger charge is -2.27. The number of aryl methyl sites for hydroxylation is 1. The van der Waals surface area contributed by atoms with Crippen molar-refractivity contribution in [3.63, 3.8) is 0 Å². The van der Waals surface area contributed by atoms with Crippen LogP contribution in [0, 0.1) is 13.8 Å². The van der Waals surface area contributed by atoms with E-state index < -0.39 is 0 Å². The van der Waals surface area contributed by atoms with E-state index in [1.807, 2.05) is 42.5 Å². The molecular weight excluding hydrogens is 404 g/mol. The van der Waals surface area contributed by atoms with Crippen LogP contribution in [0.15, 0.2) is 54.7 Å². The topological polar surface area (TPSA) is 53.3 Å². The van der Waals surface area contributed by atoms with E-state index in [0.717, 1.165) is 28.3 Å². The highest BCUT2D eigenvalue weighted by atomic mass is 35.5. The molecule has 7 heteroatoms. The van der Waals surface area contributed by atoms with Gasteiger partial charge in [-0.25, -0.2) is 0 Å². The number of aliphatic hydroxyl groups is 1. The molecule has 4 rings (SSSR count). The van der Waals surface area contributed by atoms with E-state index in [1.54, 1.807) is 6.20 Å². The Balaban J connectivity index is 1.82. The molecule has 3 aromatic rings. The number of β-amino-alcohol motifs (C(OH)–C–C–N with tert-alkyl or cyclic N) is 1. The molecule has 3 heterocycles. The maximum absolute atomic E-state index is 9.64. The molecule has 2 atom stereocenters. The zero-order valence-electron chi connectivity index (χ0n) is 16.3. The van der Waals surface area contributed by atoms with Gasteiger partial charge in [-0.2, -0.15) is 0 Å². The van der Waals surface area contributed by atoms with Crippen molar-refractivity contribution in [2.45, 2.75) is 25.9 Å². The van der Waals surface area contributed by atoms with Gasteiger partial charge in [0.2, 0.25) is 0 Å². The van der Waals surface area contributed by atoms with Crippen LogP contribution in [-0.4, -0.2) is 37.8 Å². The van der Waals surface area contributed by atoms with Crippen molar-refractivity contribution in [1.82, 2.24) is 19.8 Å². The first-order valence-corrected chi connectivity index (χ1v) is 10.3. The minimum atomic E-state index is -0.0885. The number of aromatic nitrogens is 2. The van der Waals surface area contributed by atoms with E-state index >= 15 is 0 Å². The molecular formula is C22H23ClN4OS. The Bertz CT molecular complexity index is 1020. The van der Waals surface area contributed by atoms with Crippen LogP contribution in [0.3, 0.4) is 0 Å². The van der Waals surface area contributed by atoms with E-state index in [1.165, 1.54) is 0 Å². The molecule has 5 nitrogen and oxygen atoms in total. The molecule has 2 N–H and O–H groups in total. The molecule has 0 amide bonds. The summed E-state index contributed by atoms with van der Waals surface area (Å²) in [6.45, 7) is 4.70. The van der Waals surface area contributed by atoms with Crippen LogP contribution in [-0.2, 0) is 0 Å². The van der Waals surface area contributed by atoms with E-state index in [4.69, 9.17) is 23.8 Å². The standard InChI is InChI=1S/C22H23ClN4OS/c1-14-13-18(15(2)27(14)17-8-6-16(23)7-9-17)21-20(19-5-3-4-10-24-19)25-22(29)26(21)11-12-28/h3-10,13,20-21,28H,11-12H2,1-2H3,(H,25,29). The summed E-state index contributed by atoms with van der Waals surface area (Å²) in [5, 5.41) is 14.4. The van der Waals surface area contributed by atoms with Crippen molar-refractivity contribution in [1.29, 1.82) is 0 Å². The molecule has 1 aliphatic heterocycles. The van der Waals surface area contributed by atoms with Crippen molar-refractivity contribution in [2.24, 2.45) is 0 Å². The van der Waals surface area contributed by atoms with Gasteiger partial charge < -0.3 is 19.9 Å². The molecule has 1 saturated heterocycles. The fourth-order valence-corrected chi connectivity index (χ4v) is 4.62. The quantitative estimate of drug-likeness (QED) is 0.601. The molecule has 1 aliphatic rings. The number of aliphatic hydroxyl groups excluding tert-OH is 1. The highest BCUT2D eigenvalue weighted by Gasteiger charge is 2.41. The van der Waals surface area contributed by atoms with Crippen molar-refractivity contribution < 1.29 is 5.11 Å².